The average Bonchev–Trinajstić information content (AvgIpc) is 3.14. The fourth-order valence-corrected chi connectivity index (χ4v) is 9.45. The number of carbonyl (C=O) groups is 1. The number of allylic oxidation sites excluding steroid dienone is 1. The third kappa shape index (κ3) is 4.42. The van der Waals surface area contributed by atoms with Gasteiger partial charge in [-0.1, -0.05) is 39.8 Å². The molecule has 4 fully saturated rings. The summed E-state index contributed by atoms with van der Waals surface area (Å²) in [7, 11) is 0. The minimum absolute atomic E-state index is 0.143. The largest absolute Gasteiger partial charge is 0.465 e. The lowest BCUT2D eigenvalue weighted by atomic mass is 9.42. The molecule has 4 saturated carbocycles. The smallest absolute Gasteiger partial charge is 0.302 e. The van der Waals surface area contributed by atoms with Crippen LogP contribution >= 0.6 is 0 Å². The molecular weight excluding hydrogens is 440 g/mol. The molecule has 4 rings (SSSR count). The van der Waals surface area contributed by atoms with E-state index in [2.05, 4.69) is 34.3 Å². The van der Waals surface area contributed by atoms with E-state index < -0.39 is 23.2 Å². The minimum atomic E-state index is -1.41. The second-order valence-corrected chi connectivity index (χ2v) is 13.4. The third-order valence-corrected chi connectivity index (χ3v) is 11.6. The number of rotatable bonds is 7. The quantitative estimate of drug-likeness (QED) is 0.335. The first-order chi connectivity index (χ1) is 16.4. The zero-order chi connectivity index (χ0) is 25.8. The maximum absolute atomic E-state index is 11.9. The van der Waals surface area contributed by atoms with E-state index in [1.54, 1.807) is 0 Å². The Morgan fingerprint density at radius 2 is 1.80 bits per heavy atom. The van der Waals surface area contributed by atoms with Gasteiger partial charge < -0.3 is 20.1 Å². The summed E-state index contributed by atoms with van der Waals surface area (Å²) in [5.74, 6) is 2.54. The summed E-state index contributed by atoms with van der Waals surface area (Å²) in [6, 6.07) is 0. The van der Waals surface area contributed by atoms with E-state index in [0.717, 1.165) is 19.3 Å². The molecule has 0 aromatic rings. The van der Waals surface area contributed by atoms with Gasteiger partial charge in [-0.15, -0.1) is 0 Å². The van der Waals surface area contributed by atoms with Crippen LogP contribution in [0.25, 0.3) is 0 Å². The highest BCUT2D eigenvalue weighted by atomic mass is 16.5. The van der Waals surface area contributed by atoms with Crippen molar-refractivity contribution < 1.29 is 24.9 Å². The topological polar surface area (TPSA) is 87.0 Å². The molecule has 4 aliphatic rings. The van der Waals surface area contributed by atoms with Crippen LogP contribution in [-0.4, -0.2) is 45.7 Å². The third-order valence-electron chi connectivity index (χ3n) is 11.6. The molecule has 0 aliphatic heterocycles. The zero-order valence-corrected chi connectivity index (χ0v) is 22.8. The van der Waals surface area contributed by atoms with E-state index in [1.165, 1.54) is 31.8 Å². The highest BCUT2D eigenvalue weighted by Gasteiger charge is 2.69. The molecule has 35 heavy (non-hydrogen) atoms. The summed E-state index contributed by atoms with van der Waals surface area (Å²) < 4.78 is 5.61. The molecule has 0 bridgehead atoms. The first kappa shape index (κ1) is 27.1. The van der Waals surface area contributed by atoms with Crippen molar-refractivity contribution in [2.75, 3.05) is 6.61 Å². The number of hydrogen-bond donors (Lipinski definition) is 3. The van der Waals surface area contributed by atoms with Crippen molar-refractivity contribution in [1.82, 2.24) is 0 Å². The van der Waals surface area contributed by atoms with Gasteiger partial charge in [-0.25, -0.2) is 0 Å². The van der Waals surface area contributed by atoms with E-state index in [1.807, 2.05) is 0 Å². The number of aliphatic hydroxyl groups is 3. The van der Waals surface area contributed by atoms with Gasteiger partial charge in [0.15, 0.2) is 0 Å². The van der Waals surface area contributed by atoms with Gasteiger partial charge in [0.1, 0.15) is 12.2 Å². The molecule has 0 spiro atoms. The highest BCUT2D eigenvalue weighted by Crippen LogP contribution is 2.69. The molecule has 0 aromatic carbocycles. The van der Waals surface area contributed by atoms with Gasteiger partial charge in [0.25, 0.3) is 0 Å². The standard InChI is InChI=1S/C30H50O5/c1-18(2)19(3)7-8-20(4)24-9-10-25-23-15-27(33)30(34)16-22(32)11-14-29(30,17-35-21(5)31)26(23)12-13-28(24,25)6/h18,20,22-27,32-34H,3,7-17H2,1-2,4-6H3/t20?,22-,23?,24?,25?,26?,27+,28+,29-,30?/m0/s1. The predicted octanol–water partition coefficient (Wildman–Crippen LogP) is 5.26. The SMILES string of the molecule is C=C(CCC(C)C1CCC2C3C[C@@H](O)C4(O)C[C@@H](O)CC[C@]4(COC(C)=O)C3CC[C@]12C)C(C)C. The molecule has 200 valence electrons. The Labute approximate surface area is 212 Å². The predicted molar refractivity (Wildman–Crippen MR) is 137 cm³/mol. The minimum Gasteiger partial charge on any atom is -0.465 e. The number of aliphatic hydroxyl groups excluding tert-OH is 2. The van der Waals surface area contributed by atoms with Crippen molar-refractivity contribution in [2.24, 2.45) is 46.3 Å². The number of carbonyl (C=O) groups excluding carboxylic acids is 1. The first-order valence-electron chi connectivity index (χ1n) is 14.2. The van der Waals surface area contributed by atoms with Crippen LogP contribution in [0.3, 0.4) is 0 Å². The van der Waals surface area contributed by atoms with E-state index in [9.17, 15) is 20.1 Å². The molecule has 0 radical (unpaired) electrons. The van der Waals surface area contributed by atoms with Crippen molar-refractivity contribution in [2.45, 2.75) is 117 Å². The van der Waals surface area contributed by atoms with E-state index in [4.69, 9.17) is 4.74 Å². The molecular formula is C30H50O5. The number of hydrogen-bond acceptors (Lipinski definition) is 5. The van der Waals surface area contributed by atoms with Gasteiger partial charge in [0.05, 0.1) is 12.2 Å². The van der Waals surface area contributed by atoms with Gasteiger partial charge in [-0.2, -0.15) is 0 Å². The van der Waals surface area contributed by atoms with Crippen LogP contribution in [0, 0.1) is 46.3 Å². The Kier molecular flexibility index (Phi) is 7.57. The number of ether oxygens (including phenoxy) is 1. The number of esters is 1. The molecule has 5 nitrogen and oxygen atoms in total. The highest BCUT2D eigenvalue weighted by molar-refractivity contribution is 5.66. The van der Waals surface area contributed by atoms with Crippen LogP contribution in [0.5, 0.6) is 0 Å². The van der Waals surface area contributed by atoms with E-state index in [-0.39, 0.29) is 30.3 Å². The van der Waals surface area contributed by atoms with Crippen molar-refractivity contribution in [3.63, 3.8) is 0 Å². The van der Waals surface area contributed by atoms with Crippen molar-refractivity contribution >= 4 is 5.97 Å². The molecule has 3 N–H and O–H groups in total. The molecule has 5 heteroatoms. The summed E-state index contributed by atoms with van der Waals surface area (Å²) >= 11 is 0. The Morgan fingerprint density at radius 3 is 2.46 bits per heavy atom. The second-order valence-electron chi connectivity index (χ2n) is 13.4. The molecule has 4 aliphatic carbocycles. The summed E-state index contributed by atoms with van der Waals surface area (Å²) in [6.45, 7) is 15.2. The van der Waals surface area contributed by atoms with Gasteiger partial charge >= 0.3 is 5.97 Å². The van der Waals surface area contributed by atoms with Crippen molar-refractivity contribution in [1.29, 1.82) is 0 Å². The maximum Gasteiger partial charge on any atom is 0.302 e. The summed E-state index contributed by atoms with van der Waals surface area (Å²) in [5.41, 5.74) is -0.495. The molecule has 0 heterocycles. The Balaban J connectivity index is 1.59. The molecule has 10 atom stereocenters. The second kappa shape index (κ2) is 9.76. The fraction of sp³-hybridized carbons (Fsp3) is 0.900. The van der Waals surface area contributed by atoms with Gasteiger partial charge in [0.2, 0.25) is 0 Å². The molecule has 6 unspecified atom stereocenters. The fourth-order valence-electron chi connectivity index (χ4n) is 9.45. The van der Waals surface area contributed by atoms with Crippen LogP contribution < -0.4 is 0 Å². The van der Waals surface area contributed by atoms with Crippen molar-refractivity contribution in [3.8, 4) is 0 Å². The van der Waals surface area contributed by atoms with Crippen LogP contribution in [0.2, 0.25) is 0 Å². The van der Waals surface area contributed by atoms with Gasteiger partial charge in [-0.3, -0.25) is 4.79 Å². The summed E-state index contributed by atoms with van der Waals surface area (Å²) in [6.07, 6.45) is 7.21. The first-order valence-corrected chi connectivity index (χ1v) is 14.2. The lowest BCUT2D eigenvalue weighted by Crippen LogP contribution is -2.71. The van der Waals surface area contributed by atoms with Gasteiger partial charge in [-0.05, 0) is 98.7 Å². The van der Waals surface area contributed by atoms with E-state index >= 15 is 0 Å². The molecule has 0 saturated heterocycles. The van der Waals surface area contributed by atoms with Crippen LogP contribution in [0.1, 0.15) is 98.8 Å². The Hall–Kier alpha value is -0.910. The van der Waals surface area contributed by atoms with Crippen LogP contribution in [0.4, 0.5) is 0 Å². The molecule has 0 aromatic heterocycles. The number of fused-ring (bicyclic) bond motifs is 5. The molecule has 0 amide bonds. The maximum atomic E-state index is 11.9. The van der Waals surface area contributed by atoms with Crippen molar-refractivity contribution in [3.05, 3.63) is 12.2 Å². The summed E-state index contributed by atoms with van der Waals surface area (Å²) in [4.78, 5) is 11.8. The van der Waals surface area contributed by atoms with E-state index in [0.29, 0.717) is 48.9 Å². The van der Waals surface area contributed by atoms with Crippen LogP contribution in [-0.2, 0) is 9.53 Å². The Morgan fingerprint density at radius 1 is 1.09 bits per heavy atom. The normalized spacial score (nSPS) is 45.9. The average molecular weight is 491 g/mol. The van der Waals surface area contributed by atoms with Gasteiger partial charge in [0, 0.05) is 18.8 Å². The summed E-state index contributed by atoms with van der Waals surface area (Å²) in [5, 5.41) is 33.8. The Bertz CT molecular complexity index is 809. The van der Waals surface area contributed by atoms with Crippen LogP contribution in [0.15, 0.2) is 12.2 Å². The zero-order valence-electron chi connectivity index (χ0n) is 22.8. The lowest BCUT2D eigenvalue weighted by molar-refractivity contribution is -0.282. The monoisotopic (exact) mass is 490 g/mol. The lowest BCUT2D eigenvalue weighted by Gasteiger charge is -2.65.